The largest absolute Gasteiger partial charge is 0.369 e. The highest BCUT2D eigenvalue weighted by molar-refractivity contribution is 5.80. The van der Waals surface area contributed by atoms with Gasteiger partial charge in [-0.05, 0) is 42.7 Å². The number of hydrogen-bond donors (Lipinski definition) is 1. The molecule has 0 radical (unpaired) electrons. The van der Waals surface area contributed by atoms with E-state index in [1.807, 2.05) is 58.3 Å². The van der Waals surface area contributed by atoms with Gasteiger partial charge in [-0.1, -0.05) is 12.1 Å². The molecule has 23 heavy (non-hydrogen) atoms. The van der Waals surface area contributed by atoms with Gasteiger partial charge in [-0.3, -0.25) is 9.59 Å². The van der Waals surface area contributed by atoms with Gasteiger partial charge in [-0.2, -0.15) is 0 Å². The average molecular weight is 311 g/mol. The summed E-state index contributed by atoms with van der Waals surface area (Å²) in [6.45, 7) is 1.24. The smallest absolute Gasteiger partial charge is 0.226 e. The van der Waals surface area contributed by atoms with E-state index in [2.05, 4.69) is 0 Å². The monoisotopic (exact) mass is 311 g/mol. The molecule has 0 unspecified atom stereocenters. The number of nitrogens with two attached hydrogens (primary N) is 1. The summed E-state index contributed by atoms with van der Waals surface area (Å²) in [5, 5.41) is 0. The Morgan fingerprint density at radius 1 is 1.04 bits per heavy atom. The van der Waals surface area contributed by atoms with E-state index in [1.165, 1.54) is 0 Å². The Labute approximate surface area is 135 Å². The molecule has 3 rings (SSSR count). The number of carbonyl (C=O) groups excluding carboxylic acids is 2. The normalized spacial score (nSPS) is 15.6. The van der Waals surface area contributed by atoms with Crippen LogP contribution in [0.3, 0.4) is 0 Å². The summed E-state index contributed by atoms with van der Waals surface area (Å²) >= 11 is 0. The minimum Gasteiger partial charge on any atom is -0.369 e. The van der Waals surface area contributed by atoms with Crippen LogP contribution >= 0.6 is 0 Å². The molecule has 2 heterocycles. The van der Waals surface area contributed by atoms with E-state index in [-0.39, 0.29) is 17.7 Å². The van der Waals surface area contributed by atoms with Gasteiger partial charge in [0, 0.05) is 37.1 Å². The molecule has 0 atom stereocenters. The van der Waals surface area contributed by atoms with E-state index in [9.17, 15) is 9.59 Å². The number of likely N-dealkylation sites (tertiary alicyclic amines) is 1. The van der Waals surface area contributed by atoms with Crippen LogP contribution in [-0.4, -0.2) is 34.4 Å². The first-order chi connectivity index (χ1) is 11.1. The lowest BCUT2D eigenvalue weighted by Crippen LogP contribution is -2.42. The van der Waals surface area contributed by atoms with Crippen LogP contribution in [0.15, 0.2) is 48.8 Å². The summed E-state index contributed by atoms with van der Waals surface area (Å²) in [6, 6.07) is 12.0. The first-order valence-corrected chi connectivity index (χ1v) is 7.93. The molecule has 2 amide bonds. The number of nitrogens with zero attached hydrogens (tertiary/aromatic N) is 2. The fraction of sp³-hybridized carbons (Fsp3) is 0.333. The minimum atomic E-state index is -0.252. The van der Waals surface area contributed by atoms with E-state index < -0.39 is 0 Å². The molecule has 2 N–H and O–H groups in total. The minimum absolute atomic E-state index is 0.0834. The van der Waals surface area contributed by atoms with Crippen molar-refractivity contribution in [3.63, 3.8) is 0 Å². The SMILES string of the molecule is NC(=O)C1CCN(C(=O)Cc2ccc(-n3cccc3)cc2)CC1. The van der Waals surface area contributed by atoms with Gasteiger partial charge in [0.05, 0.1) is 6.42 Å². The van der Waals surface area contributed by atoms with Gasteiger partial charge in [0.15, 0.2) is 0 Å². The maximum absolute atomic E-state index is 12.4. The van der Waals surface area contributed by atoms with Crippen molar-refractivity contribution in [2.75, 3.05) is 13.1 Å². The Bertz CT molecular complexity index is 669. The topological polar surface area (TPSA) is 68.3 Å². The van der Waals surface area contributed by atoms with Gasteiger partial charge in [0.2, 0.25) is 11.8 Å². The Morgan fingerprint density at radius 2 is 1.65 bits per heavy atom. The molecule has 5 nitrogen and oxygen atoms in total. The van der Waals surface area contributed by atoms with Gasteiger partial charge >= 0.3 is 0 Å². The predicted molar refractivity (Wildman–Crippen MR) is 88.0 cm³/mol. The van der Waals surface area contributed by atoms with Crippen LogP contribution in [0.4, 0.5) is 0 Å². The maximum Gasteiger partial charge on any atom is 0.226 e. The van der Waals surface area contributed by atoms with Crippen molar-refractivity contribution >= 4 is 11.8 Å². The number of amides is 2. The number of rotatable bonds is 4. The van der Waals surface area contributed by atoms with Crippen LogP contribution in [0.5, 0.6) is 0 Å². The Kier molecular flexibility index (Phi) is 4.46. The molecule has 5 heteroatoms. The highest BCUT2D eigenvalue weighted by atomic mass is 16.2. The van der Waals surface area contributed by atoms with Gasteiger partial charge < -0.3 is 15.2 Å². The van der Waals surface area contributed by atoms with E-state index >= 15 is 0 Å². The Balaban J connectivity index is 1.57. The molecule has 1 aromatic carbocycles. The van der Waals surface area contributed by atoms with Crippen LogP contribution in [0, 0.1) is 5.92 Å². The fourth-order valence-electron chi connectivity index (χ4n) is 2.99. The predicted octanol–water partition coefficient (Wildman–Crippen LogP) is 1.74. The summed E-state index contributed by atoms with van der Waals surface area (Å²) in [4.78, 5) is 25.4. The summed E-state index contributed by atoms with van der Waals surface area (Å²) < 4.78 is 2.03. The molecule has 1 saturated heterocycles. The Morgan fingerprint density at radius 3 is 2.22 bits per heavy atom. The van der Waals surface area contributed by atoms with Crippen molar-refractivity contribution in [2.24, 2.45) is 11.7 Å². The van der Waals surface area contributed by atoms with Gasteiger partial charge in [0.1, 0.15) is 0 Å². The van der Waals surface area contributed by atoms with Crippen molar-refractivity contribution in [1.29, 1.82) is 0 Å². The molecule has 1 aromatic heterocycles. The zero-order valence-corrected chi connectivity index (χ0v) is 13.0. The van der Waals surface area contributed by atoms with Crippen molar-refractivity contribution in [2.45, 2.75) is 19.3 Å². The summed E-state index contributed by atoms with van der Waals surface area (Å²) in [6.07, 6.45) is 5.72. The second kappa shape index (κ2) is 6.69. The third kappa shape index (κ3) is 3.62. The molecular formula is C18H21N3O2. The van der Waals surface area contributed by atoms with Crippen molar-refractivity contribution in [3.8, 4) is 5.69 Å². The first kappa shape index (κ1) is 15.3. The van der Waals surface area contributed by atoms with Crippen LogP contribution < -0.4 is 5.73 Å². The molecule has 0 bridgehead atoms. The van der Waals surface area contributed by atoms with Gasteiger partial charge in [-0.25, -0.2) is 0 Å². The van der Waals surface area contributed by atoms with Crippen LogP contribution in [0.1, 0.15) is 18.4 Å². The standard InChI is InChI=1S/C18H21N3O2/c19-18(23)15-7-11-21(12-8-15)17(22)13-14-3-5-16(6-4-14)20-9-1-2-10-20/h1-6,9-10,15H,7-8,11-13H2,(H2,19,23). The number of benzene rings is 1. The molecule has 1 fully saturated rings. The van der Waals surface area contributed by atoms with Crippen molar-refractivity contribution in [1.82, 2.24) is 9.47 Å². The highest BCUT2D eigenvalue weighted by Crippen LogP contribution is 2.18. The van der Waals surface area contributed by atoms with Gasteiger partial charge in [-0.15, -0.1) is 0 Å². The lowest BCUT2D eigenvalue weighted by Gasteiger charge is -2.30. The molecule has 2 aromatic rings. The summed E-state index contributed by atoms with van der Waals surface area (Å²) in [5.74, 6) is -0.223. The first-order valence-electron chi connectivity index (χ1n) is 7.93. The van der Waals surface area contributed by atoms with Gasteiger partial charge in [0.25, 0.3) is 0 Å². The van der Waals surface area contributed by atoms with E-state index in [0.29, 0.717) is 32.4 Å². The lowest BCUT2D eigenvalue weighted by molar-refractivity contribution is -0.134. The number of piperidine rings is 1. The molecular weight excluding hydrogens is 290 g/mol. The third-order valence-electron chi connectivity index (χ3n) is 4.44. The molecule has 120 valence electrons. The molecule has 1 aliphatic heterocycles. The number of aromatic nitrogens is 1. The average Bonchev–Trinajstić information content (AvgIpc) is 3.10. The lowest BCUT2D eigenvalue weighted by atomic mass is 9.96. The Hall–Kier alpha value is -2.56. The van der Waals surface area contributed by atoms with E-state index in [1.54, 1.807) is 0 Å². The quantitative estimate of drug-likeness (QED) is 0.934. The number of primary amides is 1. The molecule has 0 aliphatic carbocycles. The summed E-state index contributed by atoms with van der Waals surface area (Å²) in [7, 11) is 0. The maximum atomic E-state index is 12.4. The van der Waals surface area contributed by atoms with E-state index in [0.717, 1.165) is 11.3 Å². The van der Waals surface area contributed by atoms with E-state index in [4.69, 9.17) is 5.73 Å². The van der Waals surface area contributed by atoms with Crippen molar-refractivity contribution in [3.05, 3.63) is 54.4 Å². The zero-order chi connectivity index (χ0) is 16.2. The van der Waals surface area contributed by atoms with Crippen LogP contribution in [0.2, 0.25) is 0 Å². The van der Waals surface area contributed by atoms with Crippen LogP contribution in [0.25, 0.3) is 5.69 Å². The second-order valence-corrected chi connectivity index (χ2v) is 5.99. The zero-order valence-electron chi connectivity index (χ0n) is 13.0. The highest BCUT2D eigenvalue weighted by Gasteiger charge is 2.25. The summed E-state index contributed by atoms with van der Waals surface area (Å²) in [5.41, 5.74) is 7.40. The second-order valence-electron chi connectivity index (χ2n) is 5.99. The fourth-order valence-corrected chi connectivity index (χ4v) is 2.99. The number of carbonyl (C=O) groups is 2. The molecule has 0 spiro atoms. The molecule has 1 aliphatic rings. The van der Waals surface area contributed by atoms with Crippen molar-refractivity contribution < 1.29 is 9.59 Å². The molecule has 0 saturated carbocycles. The number of hydrogen-bond acceptors (Lipinski definition) is 2. The third-order valence-corrected chi connectivity index (χ3v) is 4.44. The van der Waals surface area contributed by atoms with Crippen LogP contribution in [-0.2, 0) is 16.0 Å².